The third kappa shape index (κ3) is 7.93. The van der Waals surface area contributed by atoms with Crippen LogP contribution in [0.2, 0.25) is 0 Å². The van der Waals surface area contributed by atoms with Crippen LogP contribution in [-0.4, -0.2) is 86.8 Å². The van der Waals surface area contributed by atoms with Crippen LogP contribution in [0, 0.1) is 11.8 Å². The summed E-state index contributed by atoms with van der Waals surface area (Å²) in [7, 11) is 1.58. The number of nitrogens with zero attached hydrogens (tertiary/aromatic N) is 3. The van der Waals surface area contributed by atoms with E-state index >= 15 is 0 Å². The number of ether oxygens (including phenoxy) is 3. The summed E-state index contributed by atoms with van der Waals surface area (Å²) in [5.41, 5.74) is 1.93. The maximum absolute atomic E-state index is 14.3. The molecule has 282 valence electrons. The molecule has 0 spiro atoms. The highest BCUT2D eigenvalue weighted by molar-refractivity contribution is 5.96. The smallest absolute Gasteiger partial charge is 0.408 e. The first-order valence-electron chi connectivity index (χ1n) is 18.2. The minimum Gasteiger partial charge on any atom is -0.497 e. The van der Waals surface area contributed by atoms with Crippen molar-refractivity contribution in [3.05, 3.63) is 60.3 Å². The molecule has 3 aromatic rings. The molecule has 1 aromatic carbocycles. The van der Waals surface area contributed by atoms with Crippen molar-refractivity contribution in [2.45, 2.75) is 102 Å². The van der Waals surface area contributed by atoms with Gasteiger partial charge in [-0.3, -0.25) is 14.6 Å². The fourth-order valence-corrected chi connectivity index (χ4v) is 7.26. The number of aryl methyl sites for hydroxylation is 2. The van der Waals surface area contributed by atoms with Crippen LogP contribution in [0.4, 0.5) is 4.79 Å². The number of rotatable bonds is 11. The number of aliphatic carboxylic acids is 1. The molecule has 3 aliphatic rings. The summed E-state index contributed by atoms with van der Waals surface area (Å²) in [5, 5.41) is 16.1. The van der Waals surface area contributed by atoms with Crippen molar-refractivity contribution in [3.63, 3.8) is 0 Å². The van der Waals surface area contributed by atoms with E-state index in [0.717, 1.165) is 31.4 Å². The molecule has 3 heterocycles. The number of alkyl carbamates (subject to hydrolysis) is 1. The monoisotopic (exact) mass is 727 g/mol. The molecule has 2 aliphatic carbocycles. The Labute approximate surface area is 309 Å². The van der Waals surface area contributed by atoms with E-state index in [4.69, 9.17) is 24.2 Å². The van der Waals surface area contributed by atoms with Gasteiger partial charge in [0.1, 0.15) is 40.8 Å². The summed E-state index contributed by atoms with van der Waals surface area (Å²) in [6, 6.07) is 9.24. The van der Waals surface area contributed by atoms with Gasteiger partial charge in [-0.1, -0.05) is 26.0 Å². The Balaban J connectivity index is 1.34. The van der Waals surface area contributed by atoms with Crippen molar-refractivity contribution >= 4 is 34.8 Å². The van der Waals surface area contributed by atoms with E-state index in [9.17, 15) is 24.3 Å². The molecule has 5 atom stereocenters. The normalized spacial score (nSPS) is 22.8. The molecule has 1 saturated carbocycles. The fourth-order valence-electron chi connectivity index (χ4n) is 7.26. The number of hydrogen-bond acceptors (Lipinski definition) is 9. The minimum atomic E-state index is -1.50. The van der Waals surface area contributed by atoms with Crippen molar-refractivity contribution < 1.29 is 38.5 Å². The first kappa shape index (κ1) is 37.6. The lowest BCUT2D eigenvalue weighted by Gasteiger charge is -2.31. The third-order valence-electron chi connectivity index (χ3n) is 10.2. The molecule has 3 N–H and O–H groups in total. The topological polar surface area (TPSA) is 169 Å². The Kier molecular flexibility index (Phi) is 10.4. The number of likely N-dealkylation sites (tertiary alicyclic amines) is 1. The summed E-state index contributed by atoms with van der Waals surface area (Å²) >= 11 is 0. The molecule has 53 heavy (non-hydrogen) atoms. The van der Waals surface area contributed by atoms with Gasteiger partial charge in [-0.2, -0.15) is 0 Å². The zero-order valence-corrected chi connectivity index (χ0v) is 31.2. The molecule has 1 aliphatic heterocycles. The molecule has 13 nitrogen and oxygen atoms in total. The lowest BCUT2D eigenvalue weighted by molar-refractivity contribution is -0.146. The standard InChI is InChI=1S/C40H49N5O8/c1-8-24-20-40(24,37(48)49)44-35(46)32-18-26(21-45(32)36(47)34(22(2)3)43-38(50)53-39(4,5)6)52-33-19-31(42-30-17-25(51-7)14-15-27(30)33)29-16-13-23-11-9-10-12-28(23)41-29/h8,13-17,19,22,24,26,32,34H,1,9-12,18,20-21H2,2-7H3,(H,43,50)(H,44,46)(H,48,49)/t24-,26-,32?,34+,40-/m1/s1. The van der Waals surface area contributed by atoms with E-state index < -0.39 is 59.1 Å². The van der Waals surface area contributed by atoms with E-state index in [-0.39, 0.29) is 25.3 Å². The number of fused-ring (bicyclic) bond motifs is 2. The first-order chi connectivity index (χ1) is 25.1. The van der Waals surface area contributed by atoms with Gasteiger partial charge in [-0.25, -0.2) is 14.6 Å². The zero-order valence-electron chi connectivity index (χ0n) is 31.2. The van der Waals surface area contributed by atoms with Crippen molar-refractivity contribution in [1.29, 1.82) is 0 Å². The predicted octanol–water partition coefficient (Wildman–Crippen LogP) is 5.23. The number of carboxylic acids is 1. The molecule has 6 rings (SSSR count). The number of benzene rings is 1. The Bertz CT molecular complexity index is 1940. The molecule has 0 radical (unpaired) electrons. The second kappa shape index (κ2) is 14.7. The summed E-state index contributed by atoms with van der Waals surface area (Å²) in [4.78, 5) is 64.8. The SMILES string of the molecule is C=C[C@@H]1C[C@]1(NC(=O)C1C[C@@H](Oc2cc(-c3ccc4c(n3)CCCC4)nc3cc(OC)ccc23)CN1C(=O)[C@@H](NC(=O)OC(C)(C)C)C(C)C)C(=O)O. The number of carboxylic acid groups (broad SMARTS) is 1. The van der Waals surface area contributed by atoms with Gasteiger partial charge < -0.3 is 34.9 Å². The van der Waals surface area contributed by atoms with Gasteiger partial charge in [0.15, 0.2) is 0 Å². The Morgan fingerprint density at radius 2 is 1.81 bits per heavy atom. The van der Waals surface area contributed by atoms with E-state index in [0.29, 0.717) is 33.8 Å². The van der Waals surface area contributed by atoms with Gasteiger partial charge >= 0.3 is 12.1 Å². The summed E-state index contributed by atoms with van der Waals surface area (Å²) in [6.45, 7) is 12.4. The number of methoxy groups -OCH3 is 1. The molecule has 1 saturated heterocycles. The number of carbonyl (C=O) groups is 4. The number of aromatic nitrogens is 2. The van der Waals surface area contributed by atoms with Gasteiger partial charge in [0, 0.05) is 35.6 Å². The second-order valence-corrected chi connectivity index (χ2v) is 15.6. The average Bonchev–Trinajstić information content (AvgIpc) is 3.68. The number of hydrogen-bond donors (Lipinski definition) is 3. The van der Waals surface area contributed by atoms with Crippen molar-refractivity contribution in [2.75, 3.05) is 13.7 Å². The Hall–Kier alpha value is -5.20. The van der Waals surface area contributed by atoms with Crippen LogP contribution in [-0.2, 0) is 32.0 Å². The average molecular weight is 728 g/mol. The molecule has 2 aromatic heterocycles. The molecule has 2 fully saturated rings. The number of amides is 3. The highest BCUT2D eigenvalue weighted by Gasteiger charge is 2.61. The molecule has 1 unspecified atom stereocenters. The number of pyridine rings is 2. The second-order valence-electron chi connectivity index (χ2n) is 15.6. The minimum absolute atomic E-state index is 0.00645. The molecule has 3 amide bonds. The van der Waals surface area contributed by atoms with Gasteiger partial charge in [0.05, 0.1) is 30.6 Å². The van der Waals surface area contributed by atoms with Crippen LogP contribution in [0.1, 0.15) is 71.6 Å². The van der Waals surface area contributed by atoms with Crippen LogP contribution in [0.5, 0.6) is 11.5 Å². The fraction of sp³-hybridized carbons (Fsp3) is 0.500. The van der Waals surface area contributed by atoms with Gasteiger partial charge in [0.25, 0.3) is 0 Å². The van der Waals surface area contributed by atoms with Crippen molar-refractivity contribution in [1.82, 2.24) is 25.5 Å². The van der Waals surface area contributed by atoms with Crippen molar-refractivity contribution in [2.24, 2.45) is 11.8 Å². The van der Waals surface area contributed by atoms with Crippen LogP contribution in [0.25, 0.3) is 22.3 Å². The lowest BCUT2D eigenvalue weighted by Crippen LogP contribution is -2.57. The van der Waals surface area contributed by atoms with E-state index in [1.54, 1.807) is 47.8 Å². The molecule has 13 heteroatoms. The van der Waals surface area contributed by atoms with Crippen LogP contribution in [0.3, 0.4) is 0 Å². The Morgan fingerprint density at radius 3 is 2.47 bits per heavy atom. The zero-order chi connectivity index (χ0) is 38.2. The highest BCUT2D eigenvalue weighted by atomic mass is 16.6. The third-order valence-corrected chi connectivity index (χ3v) is 10.2. The van der Waals surface area contributed by atoms with Gasteiger partial charge in [-0.05, 0) is 82.6 Å². The van der Waals surface area contributed by atoms with E-state index in [2.05, 4.69) is 23.3 Å². The van der Waals surface area contributed by atoms with Crippen LogP contribution in [0.15, 0.2) is 49.1 Å². The van der Waals surface area contributed by atoms with Crippen LogP contribution >= 0.6 is 0 Å². The maximum atomic E-state index is 14.3. The first-order valence-corrected chi connectivity index (χ1v) is 18.2. The van der Waals surface area contributed by atoms with E-state index in [1.807, 2.05) is 24.3 Å². The quantitative estimate of drug-likeness (QED) is 0.223. The van der Waals surface area contributed by atoms with E-state index in [1.165, 1.54) is 16.5 Å². The van der Waals surface area contributed by atoms with Crippen molar-refractivity contribution in [3.8, 4) is 22.9 Å². The molecular weight excluding hydrogens is 678 g/mol. The largest absolute Gasteiger partial charge is 0.497 e. The van der Waals surface area contributed by atoms with Crippen LogP contribution < -0.4 is 20.1 Å². The molecule has 0 bridgehead atoms. The van der Waals surface area contributed by atoms with Gasteiger partial charge in [-0.15, -0.1) is 6.58 Å². The Morgan fingerprint density at radius 1 is 1.06 bits per heavy atom. The summed E-state index contributed by atoms with van der Waals surface area (Å²) < 4.78 is 17.6. The van der Waals surface area contributed by atoms with Gasteiger partial charge in [0.2, 0.25) is 11.8 Å². The highest BCUT2D eigenvalue weighted by Crippen LogP contribution is 2.45. The molecular formula is C40H49N5O8. The summed E-state index contributed by atoms with van der Waals surface area (Å²) in [5.74, 6) is -2.04. The summed E-state index contributed by atoms with van der Waals surface area (Å²) in [6.07, 6.45) is 4.44. The number of nitrogens with one attached hydrogen (secondary N) is 2. The lowest BCUT2D eigenvalue weighted by atomic mass is 9.95. The number of carbonyl (C=O) groups excluding carboxylic acids is 3. The maximum Gasteiger partial charge on any atom is 0.408 e. The predicted molar refractivity (Wildman–Crippen MR) is 198 cm³/mol.